The Labute approximate surface area is 132 Å². The van der Waals surface area contributed by atoms with Gasteiger partial charge in [-0.1, -0.05) is 24.3 Å². The predicted octanol–water partition coefficient (Wildman–Crippen LogP) is 3.09. The van der Waals surface area contributed by atoms with Crippen molar-refractivity contribution in [3.8, 4) is 0 Å². The van der Waals surface area contributed by atoms with Crippen molar-refractivity contribution in [3.05, 3.63) is 76.3 Å². The molecule has 3 rings (SSSR count). The second kappa shape index (κ2) is 6.04. The van der Waals surface area contributed by atoms with E-state index in [-0.39, 0.29) is 28.8 Å². The van der Waals surface area contributed by atoms with Gasteiger partial charge in [-0.3, -0.25) is 9.59 Å². The van der Waals surface area contributed by atoms with Crippen LogP contribution in [0.2, 0.25) is 0 Å². The van der Waals surface area contributed by atoms with Crippen LogP contribution in [0.15, 0.2) is 59.5 Å². The summed E-state index contributed by atoms with van der Waals surface area (Å²) in [4.78, 5) is 24.1. The van der Waals surface area contributed by atoms with Crippen molar-refractivity contribution in [2.45, 2.75) is 13.5 Å². The van der Waals surface area contributed by atoms with Crippen LogP contribution in [-0.4, -0.2) is 10.5 Å². The predicted molar refractivity (Wildman–Crippen MR) is 88.0 cm³/mol. The number of nitrogens with one attached hydrogen (secondary N) is 1. The molecule has 0 aliphatic heterocycles. The maximum Gasteiger partial charge on any atom is 0.244 e. The van der Waals surface area contributed by atoms with Crippen LogP contribution in [0, 0.1) is 12.7 Å². The number of anilines is 1. The Bertz CT molecular complexity index is 947. The number of aromatic nitrogens is 1. The number of nitrogens with zero attached hydrogens (tertiary/aromatic N) is 1. The van der Waals surface area contributed by atoms with E-state index in [1.807, 2.05) is 25.1 Å². The Hall–Kier alpha value is -2.95. The summed E-state index contributed by atoms with van der Waals surface area (Å²) < 4.78 is 15.5. The van der Waals surface area contributed by atoms with Crippen LogP contribution in [0.1, 0.15) is 5.56 Å². The summed E-state index contributed by atoms with van der Waals surface area (Å²) in [7, 11) is 0. The maximum absolute atomic E-state index is 14.1. The fourth-order valence-corrected chi connectivity index (χ4v) is 2.52. The van der Waals surface area contributed by atoms with E-state index < -0.39 is 5.82 Å². The van der Waals surface area contributed by atoms with Gasteiger partial charge in [0.1, 0.15) is 12.4 Å². The molecule has 0 bridgehead atoms. The summed E-state index contributed by atoms with van der Waals surface area (Å²) in [6.45, 7) is 1.82. The van der Waals surface area contributed by atoms with Crippen LogP contribution >= 0.6 is 0 Å². The number of rotatable bonds is 3. The summed E-state index contributed by atoms with van der Waals surface area (Å²) in [6.07, 6.45) is 1.44. The third-order valence-corrected chi connectivity index (χ3v) is 3.68. The van der Waals surface area contributed by atoms with E-state index in [2.05, 4.69) is 5.32 Å². The Morgan fingerprint density at radius 1 is 1.13 bits per heavy atom. The van der Waals surface area contributed by atoms with E-state index in [9.17, 15) is 14.0 Å². The molecule has 116 valence electrons. The zero-order valence-electron chi connectivity index (χ0n) is 12.5. The first kappa shape index (κ1) is 15.0. The number of para-hydroxylation sites is 2. The molecule has 0 radical (unpaired) electrons. The number of hydrogen-bond donors (Lipinski definition) is 1. The molecule has 1 heterocycles. The molecule has 2 aromatic carbocycles. The second-order valence-corrected chi connectivity index (χ2v) is 5.31. The minimum absolute atomic E-state index is 0.0773. The van der Waals surface area contributed by atoms with Gasteiger partial charge >= 0.3 is 0 Å². The van der Waals surface area contributed by atoms with E-state index in [0.29, 0.717) is 5.69 Å². The summed E-state index contributed by atoms with van der Waals surface area (Å²) in [6, 6.07) is 13.1. The van der Waals surface area contributed by atoms with E-state index >= 15 is 0 Å². The molecule has 0 aliphatic rings. The number of hydrogen-bond acceptors (Lipinski definition) is 2. The number of fused-ring (bicyclic) bond motifs is 1. The normalized spacial score (nSPS) is 10.7. The second-order valence-electron chi connectivity index (χ2n) is 5.31. The number of carbonyl (C=O) groups is 1. The number of pyridine rings is 1. The van der Waals surface area contributed by atoms with E-state index in [4.69, 9.17) is 0 Å². The highest BCUT2D eigenvalue weighted by molar-refractivity contribution is 5.92. The smallest absolute Gasteiger partial charge is 0.244 e. The molecule has 1 aromatic heterocycles. The van der Waals surface area contributed by atoms with Crippen LogP contribution in [0.5, 0.6) is 0 Å². The molecule has 0 aliphatic carbocycles. The summed E-state index contributed by atoms with van der Waals surface area (Å²) in [5, 5.41) is 3.06. The minimum atomic E-state index is -0.524. The minimum Gasteiger partial charge on any atom is -0.335 e. The highest BCUT2D eigenvalue weighted by Crippen LogP contribution is 2.16. The van der Waals surface area contributed by atoms with Gasteiger partial charge in [-0.05, 0) is 30.7 Å². The lowest BCUT2D eigenvalue weighted by Crippen LogP contribution is -2.21. The molecule has 0 saturated carbocycles. The van der Waals surface area contributed by atoms with Gasteiger partial charge in [0, 0.05) is 23.3 Å². The molecule has 0 atom stereocenters. The summed E-state index contributed by atoms with van der Waals surface area (Å²) >= 11 is 0. The number of carbonyl (C=O) groups excluding carboxylic acids is 1. The molecule has 0 unspecified atom stereocenters. The Morgan fingerprint density at radius 3 is 2.70 bits per heavy atom. The number of aryl methyl sites for hydroxylation is 1. The number of benzene rings is 2. The van der Waals surface area contributed by atoms with Gasteiger partial charge in [0.2, 0.25) is 5.91 Å². The lowest BCUT2D eigenvalue weighted by atomic mass is 10.2. The Kier molecular flexibility index (Phi) is 3.93. The monoisotopic (exact) mass is 310 g/mol. The lowest BCUT2D eigenvalue weighted by molar-refractivity contribution is -0.116. The first-order chi connectivity index (χ1) is 11.1. The fourth-order valence-electron chi connectivity index (χ4n) is 2.52. The van der Waals surface area contributed by atoms with Crippen molar-refractivity contribution >= 4 is 22.5 Å². The summed E-state index contributed by atoms with van der Waals surface area (Å²) in [5.74, 6) is -0.809. The Morgan fingerprint density at radius 2 is 1.91 bits per heavy atom. The van der Waals surface area contributed by atoms with Gasteiger partial charge in [0.05, 0.1) is 5.52 Å². The van der Waals surface area contributed by atoms with Gasteiger partial charge in [-0.15, -0.1) is 0 Å². The standard InChI is InChI=1S/C18H15FN2O2/c1-12-5-2-3-8-15(12)20-17(23)11-21-10-9-16(22)13-6-4-7-14(19)18(13)21/h2-10H,11H2,1H3,(H,20,23). The van der Waals surface area contributed by atoms with Gasteiger partial charge < -0.3 is 9.88 Å². The highest BCUT2D eigenvalue weighted by atomic mass is 19.1. The maximum atomic E-state index is 14.1. The molecule has 1 amide bonds. The Balaban J connectivity index is 1.93. The van der Waals surface area contributed by atoms with Gasteiger partial charge in [-0.2, -0.15) is 0 Å². The number of amides is 1. The molecule has 5 heteroatoms. The highest BCUT2D eigenvalue weighted by Gasteiger charge is 2.11. The van der Waals surface area contributed by atoms with Crippen molar-refractivity contribution in [1.29, 1.82) is 0 Å². The van der Waals surface area contributed by atoms with Crippen LogP contribution in [0.25, 0.3) is 10.9 Å². The molecule has 23 heavy (non-hydrogen) atoms. The molecule has 3 aromatic rings. The zero-order valence-corrected chi connectivity index (χ0v) is 12.5. The molecule has 0 spiro atoms. The molecule has 4 nitrogen and oxygen atoms in total. The zero-order chi connectivity index (χ0) is 16.4. The average molecular weight is 310 g/mol. The average Bonchev–Trinajstić information content (AvgIpc) is 2.53. The van der Waals surface area contributed by atoms with E-state index in [0.717, 1.165) is 5.56 Å². The van der Waals surface area contributed by atoms with E-state index in [1.54, 1.807) is 12.1 Å². The van der Waals surface area contributed by atoms with Crippen molar-refractivity contribution in [3.63, 3.8) is 0 Å². The molecular weight excluding hydrogens is 295 g/mol. The molecule has 1 N–H and O–H groups in total. The molecule has 0 saturated heterocycles. The SMILES string of the molecule is Cc1ccccc1NC(=O)Cn1ccc(=O)c2cccc(F)c21. The largest absolute Gasteiger partial charge is 0.335 e. The summed E-state index contributed by atoms with van der Waals surface area (Å²) in [5.41, 5.74) is 1.52. The van der Waals surface area contributed by atoms with Crippen LogP contribution < -0.4 is 10.7 Å². The van der Waals surface area contributed by atoms with Gasteiger partial charge in [0.15, 0.2) is 5.43 Å². The molecular formula is C18H15FN2O2. The van der Waals surface area contributed by atoms with Crippen LogP contribution in [-0.2, 0) is 11.3 Å². The quantitative estimate of drug-likeness (QED) is 0.808. The van der Waals surface area contributed by atoms with Crippen molar-refractivity contribution in [2.75, 3.05) is 5.32 Å². The van der Waals surface area contributed by atoms with E-state index in [1.165, 1.54) is 29.0 Å². The topological polar surface area (TPSA) is 51.1 Å². The van der Waals surface area contributed by atoms with Gasteiger partial charge in [0.25, 0.3) is 0 Å². The third kappa shape index (κ3) is 2.99. The lowest BCUT2D eigenvalue weighted by Gasteiger charge is -2.12. The molecule has 0 fully saturated rings. The third-order valence-electron chi connectivity index (χ3n) is 3.68. The van der Waals surface area contributed by atoms with Crippen LogP contribution in [0.3, 0.4) is 0 Å². The van der Waals surface area contributed by atoms with Crippen molar-refractivity contribution < 1.29 is 9.18 Å². The van der Waals surface area contributed by atoms with Crippen molar-refractivity contribution in [1.82, 2.24) is 4.57 Å². The first-order valence-electron chi connectivity index (χ1n) is 7.19. The van der Waals surface area contributed by atoms with Crippen LogP contribution in [0.4, 0.5) is 10.1 Å². The number of halogens is 1. The first-order valence-corrected chi connectivity index (χ1v) is 7.19. The fraction of sp³-hybridized carbons (Fsp3) is 0.111. The van der Waals surface area contributed by atoms with Crippen molar-refractivity contribution in [2.24, 2.45) is 0 Å². The van der Waals surface area contributed by atoms with Gasteiger partial charge in [-0.25, -0.2) is 4.39 Å².